The topological polar surface area (TPSA) is 97.0 Å². The second-order valence-electron chi connectivity index (χ2n) is 5.75. The third kappa shape index (κ3) is 3.79. The molecule has 6 nitrogen and oxygen atoms in total. The van der Waals surface area contributed by atoms with Gasteiger partial charge in [-0.25, -0.2) is 14.4 Å². The number of nitrogens with zero attached hydrogens (tertiary/aromatic N) is 3. The number of fused-ring (bicyclic) bond motifs is 1. The number of hydrogen-bond acceptors (Lipinski definition) is 6. The quantitative estimate of drug-likeness (QED) is 0.680. The van der Waals surface area contributed by atoms with Gasteiger partial charge in [0.05, 0.1) is 23.9 Å². The zero-order valence-corrected chi connectivity index (χ0v) is 12.9. The van der Waals surface area contributed by atoms with E-state index in [-0.39, 0.29) is 12.6 Å². The van der Waals surface area contributed by atoms with E-state index in [0.717, 1.165) is 31.9 Å². The molecule has 0 saturated carbocycles. The number of nitrogen functional groups attached to an aromatic ring is 1. The Kier molecular flexibility index (Phi) is 5.07. The number of rotatable bonds is 7. The molecule has 0 aromatic carbocycles. The molecule has 0 fully saturated rings. The Morgan fingerprint density at radius 2 is 2.14 bits per heavy atom. The number of aliphatic hydroxyl groups excluding tert-OH is 1. The molecule has 0 unspecified atom stereocenters. The van der Waals surface area contributed by atoms with Crippen LogP contribution in [-0.2, 0) is 0 Å². The highest BCUT2D eigenvalue weighted by atomic mass is 19.1. The molecule has 0 radical (unpaired) electrons. The molecule has 2 aromatic rings. The van der Waals surface area contributed by atoms with E-state index < -0.39 is 11.4 Å². The standard InChI is InChI=1S/C15H22FN5O/c1-3-4-5-6-15(2,9-22)21-13-12-11(19-14(17)20-13)7-10(16)8-18-12/h7-8,22H,3-6,9H2,1-2H3,(H3,17,19,20,21)/t15-/m0/s1. The van der Waals surface area contributed by atoms with E-state index in [9.17, 15) is 9.50 Å². The van der Waals surface area contributed by atoms with E-state index in [1.165, 1.54) is 6.07 Å². The van der Waals surface area contributed by atoms with Crippen molar-refractivity contribution >= 4 is 22.8 Å². The summed E-state index contributed by atoms with van der Waals surface area (Å²) in [5.74, 6) is -0.0313. The maximum Gasteiger partial charge on any atom is 0.222 e. The van der Waals surface area contributed by atoms with Crippen molar-refractivity contribution in [2.75, 3.05) is 17.7 Å². The van der Waals surface area contributed by atoms with Crippen LogP contribution < -0.4 is 11.1 Å². The first-order valence-electron chi connectivity index (χ1n) is 7.45. The summed E-state index contributed by atoms with van der Waals surface area (Å²) in [7, 11) is 0. The minimum Gasteiger partial charge on any atom is -0.394 e. The van der Waals surface area contributed by atoms with Crippen LogP contribution in [0.3, 0.4) is 0 Å². The predicted octanol–water partition coefficient (Wildman–Crippen LogP) is 2.49. The lowest BCUT2D eigenvalue weighted by atomic mass is 9.95. The number of nitrogens with one attached hydrogen (secondary N) is 1. The van der Waals surface area contributed by atoms with Crippen LogP contribution in [0.25, 0.3) is 11.0 Å². The maximum absolute atomic E-state index is 13.3. The molecule has 4 N–H and O–H groups in total. The minimum atomic E-state index is -0.543. The molecule has 0 amide bonds. The van der Waals surface area contributed by atoms with Gasteiger partial charge in [-0.15, -0.1) is 0 Å². The Bertz CT molecular complexity index is 646. The summed E-state index contributed by atoms with van der Waals surface area (Å²) in [5, 5.41) is 12.9. The Balaban J connectivity index is 2.32. The van der Waals surface area contributed by atoms with Crippen molar-refractivity contribution in [2.45, 2.75) is 45.1 Å². The molecule has 2 rings (SSSR count). The van der Waals surface area contributed by atoms with Gasteiger partial charge in [0.25, 0.3) is 0 Å². The van der Waals surface area contributed by atoms with Crippen molar-refractivity contribution < 1.29 is 9.50 Å². The number of nitrogens with two attached hydrogens (primary N) is 1. The summed E-state index contributed by atoms with van der Waals surface area (Å²) in [4.78, 5) is 12.2. The summed E-state index contributed by atoms with van der Waals surface area (Å²) in [6.45, 7) is 3.99. The largest absolute Gasteiger partial charge is 0.394 e. The predicted molar refractivity (Wildman–Crippen MR) is 85.0 cm³/mol. The van der Waals surface area contributed by atoms with Crippen LogP contribution in [0.4, 0.5) is 16.2 Å². The highest BCUT2D eigenvalue weighted by molar-refractivity contribution is 5.86. The van der Waals surface area contributed by atoms with Crippen molar-refractivity contribution in [2.24, 2.45) is 0 Å². The zero-order valence-electron chi connectivity index (χ0n) is 12.9. The molecule has 0 aliphatic rings. The number of anilines is 2. The van der Waals surface area contributed by atoms with E-state index >= 15 is 0 Å². The molecule has 0 aliphatic heterocycles. The van der Waals surface area contributed by atoms with E-state index in [1.807, 2.05) is 6.92 Å². The highest BCUT2D eigenvalue weighted by Gasteiger charge is 2.24. The molecule has 7 heteroatoms. The Hall–Kier alpha value is -2.02. The van der Waals surface area contributed by atoms with Gasteiger partial charge in [0, 0.05) is 6.07 Å². The van der Waals surface area contributed by atoms with E-state index in [2.05, 4.69) is 27.2 Å². The molecule has 22 heavy (non-hydrogen) atoms. The molecule has 1 atom stereocenters. The van der Waals surface area contributed by atoms with Gasteiger partial charge in [-0.1, -0.05) is 26.2 Å². The van der Waals surface area contributed by atoms with Gasteiger partial charge in [0.1, 0.15) is 11.3 Å². The Labute approximate surface area is 129 Å². The number of aromatic nitrogens is 3. The van der Waals surface area contributed by atoms with Crippen LogP contribution in [-0.4, -0.2) is 32.2 Å². The first-order valence-corrected chi connectivity index (χ1v) is 7.45. The Morgan fingerprint density at radius 1 is 1.36 bits per heavy atom. The lowest BCUT2D eigenvalue weighted by molar-refractivity contribution is 0.211. The van der Waals surface area contributed by atoms with Crippen LogP contribution in [0, 0.1) is 5.82 Å². The molecule has 120 valence electrons. The summed E-state index contributed by atoms with van der Waals surface area (Å²) in [6.07, 6.45) is 5.07. The van der Waals surface area contributed by atoms with Crippen LogP contribution in [0.5, 0.6) is 0 Å². The van der Waals surface area contributed by atoms with Gasteiger partial charge < -0.3 is 16.2 Å². The summed E-state index contributed by atoms with van der Waals surface area (Å²) in [5.41, 5.74) is 5.91. The fraction of sp³-hybridized carbons (Fsp3) is 0.533. The zero-order chi connectivity index (χ0) is 16.2. The van der Waals surface area contributed by atoms with E-state index in [0.29, 0.717) is 16.9 Å². The lowest BCUT2D eigenvalue weighted by Gasteiger charge is -2.29. The molecular formula is C15H22FN5O. The Morgan fingerprint density at radius 3 is 2.82 bits per heavy atom. The van der Waals surface area contributed by atoms with E-state index in [1.54, 1.807) is 0 Å². The van der Waals surface area contributed by atoms with Gasteiger partial charge in [-0.2, -0.15) is 4.98 Å². The van der Waals surface area contributed by atoms with Crippen LogP contribution in [0.15, 0.2) is 12.3 Å². The second-order valence-corrected chi connectivity index (χ2v) is 5.75. The van der Waals surface area contributed by atoms with Crippen molar-refractivity contribution in [3.63, 3.8) is 0 Å². The van der Waals surface area contributed by atoms with Gasteiger partial charge in [0.15, 0.2) is 5.82 Å². The monoisotopic (exact) mass is 307 g/mol. The average Bonchev–Trinajstić information content (AvgIpc) is 2.46. The number of hydrogen-bond donors (Lipinski definition) is 3. The molecule has 2 aromatic heterocycles. The average molecular weight is 307 g/mol. The molecule has 2 heterocycles. The maximum atomic E-state index is 13.3. The van der Waals surface area contributed by atoms with E-state index in [4.69, 9.17) is 5.73 Å². The van der Waals surface area contributed by atoms with Crippen molar-refractivity contribution in [1.82, 2.24) is 15.0 Å². The smallest absolute Gasteiger partial charge is 0.222 e. The van der Waals surface area contributed by atoms with Gasteiger partial charge in [0.2, 0.25) is 5.95 Å². The fourth-order valence-electron chi connectivity index (χ4n) is 2.33. The molecule has 0 saturated heterocycles. The first-order chi connectivity index (χ1) is 10.5. The molecule has 0 aliphatic carbocycles. The minimum absolute atomic E-state index is 0.0382. The third-order valence-corrected chi connectivity index (χ3v) is 3.62. The fourth-order valence-corrected chi connectivity index (χ4v) is 2.33. The van der Waals surface area contributed by atoms with Crippen LogP contribution in [0.1, 0.15) is 39.5 Å². The number of unbranched alkanes of at least 4 members (excludes halogenated alkanes) is 2. The number of halogens is 1. The SMILES string of the molecule is CCCCC[C@@](C)(CO)Nc1nc(N)nc2cc(F)cnc12. The molecular weight excluding hydrogens is 285 g/mol. The first kappa shape index (κ1) is 16.4. The van der Waals surface area contributed by atoms with Crippen LogP contribution >= 0.6 is 0 Å². The summed E-state index contributed by atoms with van der Waals surface area (Å²) < 4.78 is 13.3. The normalized spacial score (nSPS) is 14.0. The highest BCUT2D eigenvalue weighted by Crippen LogP contribution is 2.25. The summed E-state index contributed by atoms with van der Waals surface area (Å²) >= 11 is 0. The molecule has 0 bridgehead atoms. The second kappa shape index (κ2) is 6.83. The van der Waals surface area contributed by atoms with Gasteiger partial charge in [-0.05, 0) is 13.3 Å². The van der Waals surface area contributed by atoms with Gasteiger partial charge >= 0.3 is 0 Å². The van der Waals surface area contributed by atoms with Crippen LogP contribution in [0.2, 0.25) is 0 Å². The summed E-state index contributed by atoms with van der Waals surface area (Å²) in [6, 6.07) is 1.26. The van der Waals surface area contributed by atoms with Crippen molar-refractivity contribution in [3.05, 3.63) is 18.1 Å². The molecule has 0 spiro atoms. The number of pyridine rings is 1. The lowest BCUT2D eigenvalue weighted by Crippen LogP contribution is -2.39. The number of aliphatic hydroxyl groups is 1. The van der Waals surface area contributed by atoms with Crippen molar-refractivity contribution in [1.29, 1.82) is 0 Å². The third-order valence-electron chi connectivity index (χ3n) is 3.62. The van der Waals surface area contributed by atoms with Crippen molar-refractivity contribution in [3.8, 4) is 0 Å². The van der Waals surface area contributed by atoms with Gasteiger partial charge in [-0.3, -0.25) is 0 Å².